The number of nitriles is 2. The van der Waals surface area contributed by atoms with Crippen LogP contribution < -0.4 is 0 Å². The van der Waals surface area contributed by atoms with Crippen molar-refractivity contribution in [2.24, 2.45) is 5.92 Å². The molecule has 0 spiro atoms. The summed E-state index contributed by atoms with van der Waals surface area (Å²) in [6.45, 7) is 1.96. The molecule has 0 N–H and O–H groups in total. The third-order valence-electron chi connectivity index (χ3n) is 2.21. The molecule has 0 bridgehead atoms. The summed E-state index contributed by atoms with van der Waals surface area (Å²) in [5.74, 6) is -0.785. The normalized spacial score (nSPS) is 13.2. The number of nitrogens with zero attached hydrogens (tertiary/aromatic N) is 2. The van der Waals surface area contributed by atoms with Crippen LogP contribution in [0.3, 0.4) is 0 Å². The van der Waals surface area contributed by atoms with Crippen LogP contribution in [0, 0.1) is 34.8 Å². The summed E-state index contributed by atoms with van der Waals surface area (Å²) in [5.41, 5.74) is 1.93. The summed E-state index contributed by atoms with van der Waals surface area (Å²) in [4.78, 5) is 10.7. The molecule has 16 heavy (non-hydrogen) atoms. The maximum Gasteiger partial charge on any atom is 0.138 e. The van der Waals surface area contributed by atoms with Crippen molar-refractivity contribution in [2.45, 2.75) is 12.2 Å². The van der Waals surface area contributed by atoms with Crippen LogP contribution >= 0.6 is 11.8 Å². The molecule has 1 rings (SSSR count). The van der Waals surface area contributed by atoms with Gasteiger partial charge in [-0.1, -0.05) is 29.8 Å². The summed E-state index contributed by atoms with van der Waals surface area (Å²) < 4.78 is 0. The smallest absolute Gasteiger partial charge is 0.138 e. The van der Waals surface area contributed by atoms with Crippen molar-refractivity contribution >= 4 is 18.0 Å². The molecule has 3 nitrogen and oxygen atoms in total. The third kappa shape index (κ3) is 2.85. The van der Waals surface area contributed by atoms with Gasteiger partial charge in [0.05, 0.1) is 11.3 Å². The molecule has 0 heterocycles. The first kappa shape index (κ1) is 12.3. The number of hydrogen-bond donors (Lipinski definition) is 0. The van der Waals surface area contributed by atoms with Crippen LogP contribution in [0.5, 0.6) is 0 Å². The van der Waals surface area contributed by atoms with Gasteiger partial charge in [0.25, 0.3) is 0 Å². The highest BCUT2D eigenvalue weighted by molar-refractivity contribution is 8.04. The zero-order valence-electron chi connectivity index (χ0n) is 8.75. The first-order chi connectivity index (χ1) is 7.72. The monoisotopic (exact) mass is 230 g/mol. The van der Waals surface area contributed by atoms with Crippen molar-refractivity contribution in [3.63, 3.8) is 0 Å². The predicted molar refractivity (Wildman–Crippen MR) is 62.3 cm³/mol. The van der Waals surface area contributed by atoms with Crippen LogP contribution in [0.1, 0.15) is 16.4 Å². The van der Waals surface area contributed by atoms with Crippen molar-refractivity contribution in [1.82, 2.24) is 0 Å². The molecular formula is C12H10N2OS. The van der Waals surface area contributed by atoms with E-state index in [0.29, 0.717) is 6.29 Å². The first-order valence-electron chi connectivity index (χ1n) is 4.69. The number of benzene rings is 1. The SMILES string of the molecule is Cc1ccc([C@@H](SC#N)[C@H](C#N)C=O)cc1. The Morgan fingerprint density at radius 2 is 1.94 bits per heavy atom. The lowest BCUT2D eigenvalue weighted by molar-refractivity contribution is -0.109. The molecule has 80 valence electrons. The molecule has 2 atom stereocenters. The maximum absolute atomic E-state index is 10.7. The highest BCUT2D eigenvalue weighted by atomic mass is 32.2. The van der Waals surface area contributed by atoms with Gasteiger partial charge in [-0.2, -0.15) is 10.5 Å². The van der Waals surface area contributed by atoms with Gasteiger partial charge >= 0.3 is 0 Å². The first-order valence-corrected chi connectivity index (χ1v) is 5.57. The van der Waals surface area contributed by atoms with Gasteiger partial charge in [-0.25, -0.2) is 0 Å². The van der Waals surface area contributed by atoms with E-state index in [-0.39, 0.29) is 0 Å². The second-order valence-corrected chi connectivity index (χ2v) is 4.26. The fourth-order valence-electron chi connectivity index (χ4n) is 1.33. The van der Waals surface area contributed by atoms with Crippen LogP contribution in [0.15, 0.2) is 24.3 Å². The number of aryl methyl sites for hydroxylation is 1. The Labute approximate surface area is 98.7 Å². The molecule has 0 aliphatic rings. The lowest BCUT2D eigenvalue weighted by Crippen LogP contribution is -2.09. The van der Waals surface area contributed by atoms with E-state index in [1.807, 2.05) is 42.7 Å². The zero-order chi connectivity index (χ0) is 12.0. The Hall–Kier alpha value is -1.78. The van der Waals surface area contributed by atoms with Crippen molar-refractivity contribution < 1.29 is 4.79 Å². The largest absolute Gasteiger partial charge is 0.302 e. The number of aldehydes is 1. The maximum atomic E-state index is 10.7. The van der Waals surface area contributed by atoms with Crippen LogP contribution in [0.25, 0.3) is 0 Å². The molecule has 4 heteroatoms. The zero-order valence-corrected chi connectivity index (χ0v) is 9.57. The Kier molecular flexibility index (Phi) is 4.57. The number of carbonyl (C=O) groups is 1. The Morgan fingerprint density at radius 1 is 1.31 bits per heavy atom. The van der Waals surface area contributed by atoms with Gasteiger partial charge in [-0.3, -0.25) is 0 Å². The predicted octanol–water partition coefficient (Wildman–Crippen LogP) is 2.59. The standard InChI is InChI=1S/C12H10N2OS/c1-9-2-4-10(5-3-9)12(16-8-14)11(6-13)7-15/h2-5,7,11-12H,1H3/t11-,12-/m1/s1. The molecule has 0 saturated carbocycles. The topological polar surface area (TPSA) is 64.7 Å². The fourth-order valence-corrected chi connectivity index (χ4v) is 2.01. The van der Waals surface area contributed by atoms with Gasteiger partial charge < -0.3 is 4.79 Å². The molecule has 0 aliphatic carbocycles. The van der Waals surface area contributed by atoms with Crippen molar-refractivity contribution in [1.29, 1.82) is 10.5 Å². The second-order valence-electron chi connectivity index (χ2n) is 3.33. The third-order valence-corrected chi connectivity index (χ3v) is 3.13. The van der Waals surface area contributed by atoms with E-state index in [4.69, 9.17) is 10.5 Å². The molecule has 0 aliphatic heterocycles. The van der Waals surface area contributed by atoms with E-state index in [1.165, 1.54) is 0 Å². The van der Waals surface area contributed by atoms with Crippen LogP contribution in [0.4, 0.5) is 0 Å². The number of carbonyl (C=O) groups excluding carboxylic acids is 1. The van der Waals surface area contributed by atoms with Crippen LogP contribution in [-0.4, -0.2) is 6.29 Å². The second kappa shape index (κ2) is 5.95. The Bertz CT molecular complexity index is 442. The van der Waals surface area contributed by atoms with Crippen molar-refractivity contribution in [2.75, 3.05) is 0 Å². The molecule has 0 radical (unpaired) electrons. The average Bonchev–Trinajstić information content (AvgIpc) is 2.31. The summed E-state index contributed by atoms with van der Waals surface area (Å²) in [5, 5.41) is 19.0. The molecule has 1 aromatic rings. The molecule has 0 fully saturated rings. The lowest BCUT2D eigenvalue weighted by atomic mass is 10.0. The molecule has 1 aromatic carbocycles. The lowest BCUT2D eigenvalue weighted by Gasteiger charge is -2.14. The summed E-state index contributed by atoms with van der Waals surface area (Å²) in [7, 11) is 0. The molecule has 0 saturated heterocycles. The van der Waals surface area contributed by atoms with Gasteiger partial charge in [0.2, 0.25) is 0 Å². The van der Waals surface area contributed by atoms with E-state index in [2.05, 4.69) is 0 Å². The summed E-state index contributed by atoms with van der Waals surface area (Å²) in [6, 6.07) is 9.41. The van der Waals surface area contributed by atoms with Gasteiger partial charge in [0.15, 0.2) is 0 Å². The molecule has 0 unspecified atom stereocenters. The van der Waals surface area contributed by atoms with Gasteiger partial charge in [0, 0.05) is 0 Å². The molecule has 0 amide bonds. The highest BCUT2D eigenvalue weighted by Gasteiger charge is 2.23. The van der Waals surface area contributed by atoms with E-state index < -0.39 is 11.2 Å². The van der Waals surface area contributed by atoms with E-state index in [1.54, 1.807) is 0 Å². The number of rotatable bonds is 4. The van der Waals surface area contributed by atoms with Crippen LogP contribution in [0.2, 0.25) is 0 Å². The van der Waals surface area contributed by atoms with Crippen molar-refractivity contribution in [3.05, 3.63) is 35.4 Å². The van der Waals surface area contributed by atoms with Gasteiger partial charge in [0.1, 0.15) is 17.6 Å². The summed E-state index contributed by atoms with van der Waals surface area (Å²) in [6.07, 6.45) is 0.592. The average molecular weight is 230 g/mol. The number of thioether (sulfide) groups is 1. The minimum absolute atomic E-state index is 0.409. The summed E-state index contributed by atoms with van der Waals surface area (Å²) >= 11 is 0.944. The van der Waals surface area contributed by atoms with E-state index in [0.717, 1.165) is 22.9 Å². The van der Waals surface area contributed by atoms with E-state index >= 15 is 0 Å². The number of hydrogen-bond acceptors (Lipinski definition) is 4. The van der Waals surface area contributed by atoms with E-state index in [9.17, 15) is 4.79 Å². The van der Waals surface area contributed by atoms with Gasteiger partial charge in [-0.05, 0) is 24.2 Å². The molecular weight excluding hydrogens is 220 g/mol. The quantitative estimate of drug-likeness (QED) is 0.589. The minimum Gasteiger partial charge on any atom is -0.302 e. The van der Waals surface area contributed by atoms with Gasteiger partial charge in [-0.15, -0.1) is 0 Å². The fraction of sp³-hybridized carbons (Fsp3) is 0.250. The highest BCUT2D eigenvalue weighted by Crippen LogP contribution is 2.34. The van der Waals surface area contributed by atoms with Crippen molar-refractivity contribution in [3.8, 4) is 11.5 Å². The Morgan fingerprint density at radius 3 is 2.38 bits per heavy atom. The Balaban J connectivity index is 3.03. The van der Waals surface area contributed by atoms with Crippen LogP contribution in [-0.2, 0) is 4.79 Å². The molecule has 0 aromatic heterocycles. The number of thiocyanates is 1. The minimum atomic E-state index is -0.785.